The molecule has 2 N–H and O–H groups in total. The van der Waals surface area contributed by atoms with Gasteiger partial charge in [0.15, 0.2) is 0 Å². The van der Waals surface area contributed by atoms with Crippen LogP contribution in [0.2, 0.25) is 0 Å². The molecule has 0 saturated carbocycles. The van der Waals surface area contributed by atoms with E-state index in [-0.39, 0.29) is 18.2 Å². The molecule has 0 aliphatic carbocycles. The summed E-state index contributed by atoms with van der Waals surface area (Å²) in [5, 5.41) is 9.59. The van der Waals surface area contributed by atoms with Crippen molar-refractivity contribution in [3.05, 3.63) is 84.5 Å². The molecular formula is C25H23N5O4. The van der Waals surface area contributed by atoms with Gasteiger partial charge < -0.3 is 19.9 Å². The van der Waals surface area contributed by atoms with Gasteiger partial charge in [-0.1, -0.05) is 11.2 Å². The van der Waals surface area contributed by atoms with Crippen molar-refractivity contribution in [2.45, 2.75) is 19.8 Å². The molecule has 0 spiro atoms. The van der Waals surface area contributed by atoms with E-state index in [1.807, 2.05) is 31.2 Å². The summed E-state index contributed by atoms with van der Waals surface area (Å²) < 4.78 is 10.7. The fourth-order valence-corrected chi connectivity index (χ4v) is 3.16. The van der Waals surface area contributed by atoms with Gasteiger partial charge in [-0.05, 0) is 61.5 Å². The molecule has 0 unspecified atom stereocenters. The molecule has 2 heterocycles. The Morgan fingerprint density at radius 2 is 1.79 bits per heavy atom. The summed E-state index contributed by atoms with van der Waals surface area (Å²) in [6, 6.07) is 17.7. The number of hydrogen-bond donors (Lipinski definition) is 2. The van der Waals surface area contributed by atoms with Crippen molar-refractivity contribution in [2.24, 2.45) is 0 Å². The van der Waals surface area contributed by atoms with E-state index in [0.717, 1.165) is 11.3 Å². The van der Waals surface area contributed by atoms with Crippen molar-refractivity contribution in [1.29, 1.82) is 0 Å². The van der Waals surface area contributed by atoms with Crippen molar-refractivity contribution in [3.63, 3.8) is 0 Å². The zero-order valence-electron chi connectivity index (χ0n) is 18.5. The highest BCUT2D eigenvalue weighted by Crippen LogP contribution is 2.21. The highest BCUT2D eigenvalue weighted by molar-refractivity contribution is 6.04. The normalized spacial score (nSPS) is 10.5. The number of aromatic nitrogens is 3. The first kappa shape index (κ1) is 22.7. The number of carbonyl (C=O) groups is 2. The average Bonchev–Trinajstić information content (AvgIpc) is 3.33. The highest BCUT2D eigenvalue weighted by Gasteiger charge is 2.12. The van der Waals surface area contributed by atoms with E-state index in [4.69, 9.17) is 9.26 Å². The van der Waals surface area contributed by atoms with Gasteiger partial charge in [-0.25, -0.2) is 0 Å². The molecule has 0 aliphatic heterocycles. The zero-order chi connectivity index (χ0) is 23.8. The third-order valence-corrected chi connectivity index (χ3v) is 4.79. The zero-order valence-corrected chi connectivity index (χ0v) is 18.5. The maximum Gasteiger partial charge on any atom is 0.257 e. The summed E-state index contributed by atoms with van der Waals surface area (Å²) in [4.78, 5) is 33.0. The lowest BCUT2D eigenvalue weighted by Crippen LogP contribution is -2.14. The Morgan fingerprint density at radius 3 is 2.53 bits per heavy atom. The molecule has 4 rings (SSSR count). The molecule has 0 bridgehead atoms. The number of hydrogen-bond acceptors (Lipinski definition) is 7. The van der Waals surface area contributed by atoms with Crippen molar-refractivity contribution in [3.8, 4) is 17.1 Å². The second kappa shape index (κ2) is 10.9. The minimum Gasteiger partial charge on any atom is -0.494 e. The standard InChI is InChI=1S/C25H23N5O4/c1-2-33-21-10-8-17(9-11-21)24-29-23(34-30-24)13-12-22(31)27-19-6-3-7-20(15-19)28-25(32)18-5-4-14-26-16-18/h3-11,14-16H,2,12-13H2,1H3,(H,27,31)(H,28,32). The number of anilines is 2. The predicted molar refractivity (Wildman–Crippen MR) is 126 cm³/mol. The number of rotatable bonds is 9. The number of carbonyl (C=O) groups excluding carboxylic acids is 2. The largest absolute Gasteiger partial charge is 0.494 e. The lowest BCUT2D eigenvalue weighted by Gasteiger charge is -2.08. The van der Waals surface area contributed by atoms with Crippen LogP contribution < -0.4 is 15.4 Å². The lowest BCUT2D eigenvalue weighted by atomic mass is 10.2. The van der Waals surface area contributed by atoms with Crippen LogP contribution in [0.25, 0.3) is 11.4 Å². The van der Waals surface area contributed by atoms with Gasteiger partial charge in [0.2, 0.25) is 17.6 Å². The minimum absolute atomic E-state index is 0.164. The number of nitrogens with zero attached hydrogens (tertiary/aromatic N) is 3. The molecule has 34 heavy (non-hydrogen) atoms. The summed E-state index contributed by atoms with van der Waals surface area (Å²) in [6.07, 6.45) is 3.55. The molecule has 0 fully saturated rings. The maximum absolute atomic E-state index is 12.4. The summed E-state index contributed by atoms with van der Waals surface area (Å²) in [7, 11) is 0. The Balaban J connectivity index is 1.30. The minimum atomic E-state index is -0.281. The topological polar surface area (TPSA) is 119 Å². The fraction of sp³-hybridized carbons (Fsp3) is 0.160. The van der Waals surface area contributed by atoms with Crippen molar-refractivity contribution >= 4 is 23.2 Å². The molecule has 2 aromatic heterocycles. The Bertz CT molecular complexity index is 1260. The van der Waals surface area contributed by atoms with Crippen LogP contribution in [0.15, 0.2) is 77.6 Å². The van der Waals surface area contributed by atoms with Crippen molar-refractivity contribution < 1.29 is 18.8 Å². The third-order valence-electron chi connectivity index (χ3n) is 4.79. The van der Waals surface area contributed by atoms with E-state index in [9.17, 15) is 9.59 Å². The summed E-state index contributed by atoms with van der Waals surface area (Å²) in [5.74, 6) is 1.10. The number of pyridine rings is 1. The molecule has 0 aliphatic rings. The van der Waals surface area contributed by atoms with Crippen LogP contribution in [0.1, 0.15) is 29.6 Å². The number of nitrogens with one attached hydrogen (secondary N) is 2. The van der Waals surface area contributed by atoms with Gasteiger partial charge >= 0.3 is 0 Å². The summed E-state index contributed by atoms with van der Waals surface area (Å²) in [6.45, 7) is 2.52. The van der Waals surface area contributed by atoms with Crippen LogP contribution >= 0.6 is 0 Å². The quantitative estimate of drug-likeness (QED) is 0.383. The first-order valence-corrected chi connectivity index (χ1v) is 10.8. The van der Waals surface area contributed by atoms with Crippen LogP contribution in [-0.4, -0.2) is 33.5 Å². The van der Waals surface area contributed by atoms with Crippen molar-refractivity contribution in [1.82, 2.24) is 15.1 Å². The Labute approximate surface area is 196 Å². The molecule has 0 saturated heterocycles. The lowest BCUT2D eigenvalue weighted by molar-refractivity contribution is -0.116. The monoisotopic (exact) mass is 457 g/mol. The third kappa shape index (κ3) is 6.04. The second-order valence-electron chi connectivity index (χ2n) is 7.29. The number of benzene rings is 2. The first-order valence-electron chi connectivity index (χ1n) is 10.8. The number of ether oxygens (including phenoxy) is 1. The predicted octanol–water partition coefficient (Wildman–Crippen LogP) is 4.35. The Kier molecular flexibility index (Phi) is 7.24. The van der Waals surface area contributed by atoms with Crippen LogP contribution in [0.4, 0.5) is 11.4 Å². The maximum atomic E-state index is 12.4. The molecule has 0 radical (unpaired) electrons. The van der Waals surface area contributed by atoms with E-state index in [1.165, 1.54) is 6.20 Å². The van der Waals surface area contributed by atoms with E-state index in [0.29, 0.717) is 41.7 Å². The van der Waals surface area contributed by atoms with Gasteiger partial charge in [-0.15, -0.1) is 0 Å². The molecule has 2 aromatic carbocycles. The average molecular weight is 457 g/mol. The molecule has 0 atom stereocenters. The smallest absolute Gasteiger partial charge is 0.257 e. The summed E-state index contributed by atoms with van der Waals surface area (Å²) >= 11 is 0. The van der Waals surface area contributed by atoms with Crippen molar-refractivity contribution in [2.75, 3.05) is 17.2 Å². The van der Waals surface area contributed by atoms with Gasteiger partial charge in [0.1, 0.15) is 5.75 Å². The van der Waals surface area contributed by atoms with E-state index in [2.05, 4.69) is 25.8 Å². The summed E-state index contributed by atoms with van der Waals surface area (Å²) in [5.41, 5.74) is 2.37. The van der Waals surface area contributed by atoms with Gasteiger partial charge in [-0.3, -0.25) is 14.6 Å². The van der Waals surface area contributed by atoms with Crippen LogP contribution in [0.3, 0.4) is 0 Å². The Morgan fingerprint density at radius 1 is 1.00 bits per heavy atom. The van der Waals surface area contributed by atoms with Gasteiger partial charge in [0, 0.05) is 42.2 Å². The van der Waals surface area contributed by atoms with Crippen LogP contribution in [0.5, 0.6) is 5.75 Å². The van der Waals surface area contributed by atoms with E-state index in [1.54, 1.807) is 42.6 Å². The van der Waals surface area contributed by atoms with Gasteiger partial charge in [0.05, 0.1) is 12.2 Å². The number of amides is 2. The molecule has 9 heteroatoms. The second-order valence-corrected chi connectivity index (χ2v) is 7.29. The first-order chi connectivity index (χ1) is 16.6. The molecule has 2 amide bonds. The van der Waals surface area contributed by atoms with Gasteiger partial charge in [-0.2, -0.15) is 4.98 Å². The fourth-order valence-electron chi connectivity index (χ4n) is 3.16. The van der Waals surface area contributed by atoms with E-state index < -0.39 is 0 Å². The number of aryl methyl sites for hydroxylation is 1. The molecule has 9 nitrogen and oxygen atoms in total. The molecular weight excluding hydrogens is 434 g/mol. The van der Waals surface area contributed by atoms with Crippen LogP contribution in [-0.2, 0) is 11.2 Å². The van der Waals surface area contributed by atoms with Gasteiger partial charge in [0.25, 0.3) is 5.91 Å². The Hall–Kier alpha value is -4.53. The molecule has 172 valence electrons. The molecule has 4 aromatic rings. The van der Waals surface area contributed by atoms with E-state index >= 15 is 0 Å². The van der Waals surface area contributed by atoms with Crippen LogP contribution in [0, 0.1) is 0 Å². The SMILES string of the molecule is CCOc1ccc(-c2noc(CCC(=O)Nc3cccc(NC(=O)c4cccnc4)c3)n2)cc1. The highest BCUT2D eigenvalue weighted by atomic mass is 16.5.